The molecular weight excluding hydrogens is 254 g/mol. The van der Waals surface area contributed by atoms with Crippen molar-refractivity contribution in [3.8, 4) is 0 Å². The highest BCUT2D eigenvalue weighted by Gasteiger charge is 2.19. The van der Waals surface area contributed by atoms with E-state index in [1.54, 1.807) is 0 Å². The summed E-state index contributed by atoms with van der Waals surface area (Å²) in [6.07, 6.45) is 2.83. The molecule has 0 amide bonds. The highest BCUT2D eigenvalue weighted by Crippen LogP contribution is 2.20. The maximum absolute atomic E-state index is 11.7. The number of carbonyl (C=O) groups is 1. The molecule has 0 rings (SSSR count). The first kappa shape index (κ1) is 17.1. The predicted molar refractivity (Wildman–Crippen MR) is 71.6 cm³/mol. The fraction of sp³-hybridized carbons (Fsp3) is 0.750. The zero-order chi connectivity index (χ0) is 14.6. The Hall–Kier alpha value is -0.880. The van der Waals surface area contributed by atoms with Gasteiger partial charge in [-0.1, -0.05) is 20.8 Å². The first-order chi connectivity index (χ1) is 7.95. The Balaban J connectivity index is 4.65. The molecule has 0 fully saturated rings. The van der Waals surface area contributed by atoms with E-state index in [0.29, 0.717) is 6.42 Å². The largest absolute Gasteiger partial charge is 0.487 e. The maximum Gasteiger partial charge on any atom is 0.208 e. The summed E-state index contributed by atoms with van der Waals surface area (Å²) in [5.41, 5.74) is 5.63. The summed E-state index contributed by atoms with van der Waals surface area (Å²) in [5.74, 6) is 0.00945. The number of Topliss-reactive ketones (excluding diaryl/α,β-unsaturated/α-hetero) is 1. The summed E-state index contributed by atoms with van der Waals surface area (Å²) < 4.78 is 27.3. The molecule has 0 radical (unpaired) electrons. The molecule has 5 nitrogen and oxygen atoms in total. The van der Waals surface area contributed by atoms with Crippen LogP contribution >= 0.6 is 0 Å². The average Bonchev–Trinajstić information content (AvgIpc) is 2.08. The second-order valence-corrected chi connectivity index (χ2v) is 7.55. The summed E-state index contributed by atoms with van der Waals surface area (Å²) in [6.45, 7) is 5.88. The van der Waals surface area contributed by atoms with Crippen molar-refractivity contribution in [3.05, 3.63) is 11.2 Å². The minimum absolute atomic E-state index is 0.00945. The van der Waals surface area contributed by atoms with Gasteiger partial charge >= 0.3 is 0 Å². The minimum atomic E-state index is -3.43. The van der Waals surface area contributed by atoms with Gasteiger partial charge in [-0.2, -0.15) is 0 Å². The Morgan fingerprint density at radius 1 is 1.39 bits per heavy atom. The summed E-state index contributed by atoms with van der Waals surface area (Å²) in [7, 11) is -2.17. The molecule has 1 atom stereocenters. The zero-order valence-corrected chi connectivity index (χ0v) is 12.5. The topological polar surface area (TPSA) is 86.5 Å². The van der Waals surface area contributed by atoms with Gasteiger partial charge in [0.05, 0.1) is 7.11 Å². The van der Waals surface area contributed by atoms with Crippen molar-refractivity contribution in [1.29, 1.82) is 0 Å². The molecule has 0 aliphatic carbocycles. The first-order valence-corrected chi connectivity index (χ1v) is 7.58. The highest BCUT2D eigenvalue weighted by molar-refractivity contribution is 7.94. The Labute approximate surface area is 109 Å². The molecule has 6 heteroatoms. The smallest absolute Gasteiger partial charge is 0.208 e. The molecule has 106 valence electrons. The van der Waals surface area contributed by atoms with Crippen molar-refractivity contribution in [3.63, 3.8) is 0 Å². The summed E-state index contributed by atoms with van der Waals surface area (Å²) in [4.78, 5) is 11.7. The maximum atomic E-state index is 11.7. The van der Waals surface area contributed by atoms with E-state index >= 15 is 0 Å². The molecule has 0 saturated carbocycles. The molecular formula is C12H23NO4S. The van der Waals surface area contributed by atoms with Crippen LogP contribution in [-0.4, -0.2) is 33.6 Å². The number of ether oxygens (including phenoxy) is 1. The number of nitrogens with two attached hydrogens (primary N) is 1. The van der Waals surface area contributed by atoms with Crippen molar-refractivity contribution in [1.82, 2.24) is 0 Å². The van der Waals surface area contributed by atoms with Crippen LogP contribution in [0.15, 0.2) is 11.2 Å². The van der Waals surface area contributed by atoms with Crippen LogP contribution in [0.1, 0.15) is 33.6 Å². The third kappa shape index (κ3) is 7.45. The lowest BCUT2D eigenvalue weighted by Crippen LogP contribution is -2.25. The van der Waals surface area contributed by atoms with Gasteiger partial charge in [0.15, 0.2) is 0 Å². The molecule has 0 heterocycles. The molecule has 0 bridgehead atoms. The number of methoxy groups -OCH3 is 1. The fourth-order valence-electron chi connectivity index (χ4n) is 1.50. The molecule has 0 aromatic heterocycles. The van der Waals surface area contributed by atoms with Gasteiger partial charge in [0.2, 0.25) is 14.9 Å². The van der Waals surface area contributed by atoms with Gasteiger partial charge in [-0.15, -0.1) is 0 Å². The second-order valence-electron chi connectivity index (χ2n) is 5.61. The molecule has 0 aromatic carbocycles. The molecule has 0 saturated heterocycles. The lowest BCUT2D eigenvalue weighted by atomic mass is 9.88. The lowest BCUT2D eigenvalue weighted by molar-refractivity contribution is -0.120. The lowest BCUT2D eigenvalue weighted by Gasteiger charge is -2.17. The molecule has 0 aliphatic rings. The van der Waals surface area contributed by atoms with E-state index in [-0.39, 0.29) is 22.7 Å². The van der Waals surface area contributed by atoms with Crippen LogP contribution < -0.4 is 5.73 Å². The Kier molecular flexibility index (Phi) is 6.02. The fourth-order valence-corrected chi connectivity index (χ4v) is 2.23. The molecule has 0 unspecified atom stereocenters. The van der Waals surface area contributed by atoms with Crippen LogP contribution in [0.2, 0.25) is 0 Å². The molecule has 0 aromatic rings. The van der Waals surface area contributed by atoms with E-state index < -0.39 is 15.9 Å². The summed E-state index contributed by atoms with van der Waals surface area (Å²) in [6, 6.07) is -0.649. The van der Waals surface area contributed by atoms with Gasteiger partial charge in [-0.05, 0) is 11.5 Å². The van der Waals surface area contributed by atoms with Crippen molar-refractivity contribution in [2.45, 2.75) is 39.7 Å². The number of rotatable bonds is 6. The van der Waals surface area contributed by atoms with Crippen LogP contribution in [-0.2, 0) is 19.4 Å². The Morgan fingerprint density at radius 3 is 2.22 bits per heavy atom. The standard InChI is InChI=1S/C12H23NO4S/c1-12(2,3)8-10(14)6-9(13)7-11(17-4)18(5,15)16/h7,9H,6,8,13H2,1-5H3/t9-/m0/s1. The van der Waals surface area contributed by atoms with Crippen LogP contribution in [0.25, 0.3) is 0 Å². The number of ketones is 1. The second kappa shape index (κ2) is 6.33. The van der Waals surface area contributed by atoms with E-state index in [2.05, 4.69) is 0 Å². The highest BCUT2D eigenvalue weighted by atomic mass is 32.2. The van der Waals surface area contributed by atoms with E-state index in [9.17, 15) is 13.2 Å². The summed E-state index contributed by atoms with van der Waals surface area (Å²) in [5, 5.41) is -0.196. The van der Waals surface area contributed by atoms with Gasteiger partial charge in [-0.25, -0.2) is 8.42 Å². The summed E-state index contributed by atoms with van der Waals surface area (Å²) >= 11 is 0. The third-order valence-corrected chi connectivity index (χ3v) is 3.14. The Morgan fingerprint density at radius 2 is 1.89 bits per heavy atom. The quantitative estimate of drug-likeness (QED) is 0.738. The minimum Gasteiger partial charge on any atom is -0.487 e. The van der Waals surface area contributed by atoms with Crippen LogP contribution in [0.4, 0.5) is 0 Å². The first-order valence-electron chi connectivity index (χ1n) is 5.69. The van der Waals surface area contributed by atoms with Crippen molar-refractivity contribution < 1.29 is 17.9 Å². The van der Waals surface area contributed by atoms with Crippen molar-refractivity contribution in [2.24, 2.45) is 11.1 Å². The van der Waals surface area contributed by atoms with E-state index in [1.165, 1.54) is 13.2 Å². The predicted octanol–water partition coefficient (Wildman–Crippen LogP) is 1.24. The third-order valence-electron chi connectivity index (χ3n) is 2.11. The van der Waals surface area contributed by atoms with E-state index in [4.69, 9.17) is 10.5 Å². The molecule has 2 N–H and O–H groups in total. The monoisotopic (exact) mass is 277 g/mol. The SMILES string of the molecule is COC(=C[C@@H](N)CC(=O)CC(C)(C)C)S(C)(=O)=O. The van der Waals surface area contributed by atoms with E-state index in [0.717, 1.165) is 6.26 Å². The van der Waals surface area contributed by atoms with Gasteiger partial charge in [0.1, 0.15) is 5.78 Å². The number of sulfone groups is 1. The van der Waals surface area contributed by atoms with Gasteiger partial charge < -0.3 is 10.5 Å². The van der Waals surface area contributed by atoms with Gasteiger partial charge in [-0.3, -0.25) is 4.79 Å². The van der Waals surface area contributed by atoms with Crippen LogP contribution in [0.5, 0.6) is 0 Å². The van der Waals surface area contributed by atoms with Crippen LogP contribution in [0, 0.1) is 5.41 Å². The number of hydrogen-bond acceptors (Lipinski definition) is 5. The normalized spacial score (nSPS) is 15.3. The van der Waals surface area contributed by atoms with Crippen molar-refractivity contribution >= 4 is 15.6 Å². The van der Waals surface area contributed by atoms with E-state index in [1.807, 2.05) is 20.8 Å². The van der Waals surface area contributed by atoms with Crippen LogP contribution in [0.3, 0.4) is 0 Å². The Bertz CT molecular complexity index is 418. The molecule has 0 aliphatic heterocycles. The molecule has 18 heavy (non-hydrogen) atoms. The van der Waals surface area contributed by atoms with Crippen molar-refractivity contribution in [2.75, 3.05) is 13.4 Å². The van der Waals surface area contributed by atoms with Gasteiger partial charge in [0, 0.05) is 25.1 Å². The molecule has 0 spiro atoms. The average molecular weight is 277 g/mol. The number of carbonyl (C=O) groups excluding carboxylic acids is 1. The van der Waals surface area contributed by atoms with Gasteiger partial charge in [0.25, 0.3) is 0 Å². The zero-order valence-electron chi connectivity index (χ0n) is 11.7. The number of hydrogen-bond donors (Lipinski definition) is 1.